The molecule has 1 aromatic carbocycles. The Morgan fingerprint density at radius 2 is 1.36 bits per heavy atom. The summed E-state index contributed by atoms with van der Waals surface area (Å²) in [7, 11) is 0. The van der Waals surface area contributed by atoms with Crippen molar-refractivity contribution in [3.63, 3.8) is 0 Å². The largest absolute Gasteiger partial charge is 0.0686 e. The Kier molecular flexibility index (Phi) is 2.76. The molecule has 128 valence electrons. The Bertz CT molecular complexity index is 968. The highest BCUT2D eigenvalue weighted by molar-refractivity contribution is 5.92. The van der Waals surface area contributed by atoms with Gasteiger partial charge in [-0.25, -0.2) is 0 Å². The van der Waals surface area contributed by atoms with Crippen LogP contribution in [0.3, 0.4) is 0 Å². The van der Waals surface area contributed by atoms with Gasteiger partial charge in [0.25, 0.3) is 0 Å². The fourth-order valence-corrected chi connectivity index (χ4v) is 5.67. The molecule has 0 aliphatic heterocycles. The molecule has 0 amide bonds. The van der Waals surface area contributed by atoms with Gasteiger partial charge < -0.3 is 0 Å². The summed E-state index contributed by atoms with van der Waals surface area (Å²) in [5, 5.41) is 0. The van der Waals surface area contributed by atoms with Gasteiger partial charge in [0, 0.05) is 10.8 Å². The zero-order chi connectivity index (χ0) is 17.7. The van der Waals surface area contributed by atoms with Gasteiger partial charge in [0.2, 0.25) is 0 Å². The van der Waals surface area contributed by atoms with Crippen LogP contribution in [0, 0.1) is 0 Å². The van der Waals surface area contributed by atoms with E-state index in [9.17, 15) is 0 Å². The first kappa shape index (κ1) is 15.4. The topological polar surface area (TPSA) is 0 Å². The molecule has 25 heavy (non-hydrogen) atoms. The highest BCUT2D eigenvalue weighted by atomic mass is 14.5. The van der Waals surface area contributed by atoms with E-state index in [-0.39, 0.29) is 10.8 Å². The first-order valence-electron chi connectivity index (χ1n) is 9.78. The van der Waals surface area contributed by atoms with Crippen LogP contribution in [-0.4, -0.2) is 0 Å². The summed E-state index contributed by atoms with van der Waals surface area (Å²) in [6.07, 6.45) is 8.42. The molecule has 4 aliphatic carbocycles. The van der Waals surface area contributed by atoms with Crippen LogP contribution in [0.2, 0.25) is 0 Å². The molecule has 0 unspecified atom stereocenters. The first-order valence-corrected chi connectivity index (χ1v) is 9.78. The maximum atomic E-state index is 2.56. The number of benzene rings is 1. The van der Waals surface area contributed by atoms with Crippen LogP contribution in [0.25, 0.3) is 11.1 Å². The van der Waals surface area contributed by atoms with E-state index < -0.39 is 0 Å². The van der Waals surface area contributed by atoms with Crippen LogP contribution in [-0.2, 0) is 10.8 Å². The monoisotopic (exact) mass is 328 g/mol. The van der Waals surface area contributed by atoms with Crippen molar-refractivity contribution >= 4 is 11.1 Å². The van der Waals surface area contributed by atoms with Gasteiger partial charge in [-0.05, 0) is 76.8 Å². The summed E-state index contributed by atoms with van der Waals surface area (Å²) in [5.41, 5.74) is 15.9. The average molecular weight is 328 g/mol. The fourth-order valence-electron chi connectivity index (χ4n) is 5.67. The molecule has 0 N–H and O–H groups in total. The van der Waals surface area contributed by atoms with Gasteiger partial charge in [-0.3, -0.25) is 0 Å². The van der Waals surface area contributed by atoms with Crippen molar-refractivity contribution in [2.75, 3.05) is 0 Å². The van der Waals surface area contributed by atoms with Gasteiger partial charge in [0.05, 0.1) is 0 Å². The minimum absolute atomic E-state index is 0.144. The average Bonchev–Trinajstić information content (AvgIpc) is 3.24. The van der Waals surface area contributed by atoms with Crippen molar-refractivity contribution in [2.45, 2.75) is 71.6 Å². The van der Waals surface area contributed by atoms with Gasteiger partial charge in [-0.1, -0.05) is 64.0 Å². The smallest absolute Gasteiger partial charge is 0.0155 e. The second-order valence-electron chi connectivity index (χ2n) is 9.48. The molecule has 0 saturated carbocycles. The summed E-state index contributed by atoms with van der Waals surface area (Å²) in [6, 6.07) is 5.11. The van der Waals surface area contributed by atoms with Crippen LogP contribution in [0.15, 0.2) is 46.6 Å². The third-order valence-electron chi connectivity index (χ3n) is 7.20. The lowest BCUT2D eigenvalue weighted by Crippen LogP contribution is -2.20. The normalized spacial score (nSPS) is 24.2. The predicted molar refractivity (Wildman–Crippen MR) is 108 cm³/mol. The van der Waals surface area contributed by atoms with Gasteiger partial charge in [-0.15, -0.1) is 0 Å². The predicted octanol–water partition coefficient (Wildman–Crippen LogP) is 6.87. The van der Waals surface area contributed by atoms with E-state index in [1.54, 1.807) is 39.0 Å². The molecule has 0 atom stereocenters. The van der Waals surface area contributed by atoms with Crippen LogP contribution >= 0.6 is 0 Å². The van der Waals surface area contributed by atoms with Crippen molar-refractivity contribution in [1.29, 1.82) is 0 Å². The highest BCUT2D eigenvalue weighted by Crippen LogP contribution is 2.58. The van der Waals surface area contributed by atoms with Crippen LogP contribution in [0.5, 0.6) is 0 Å². The molecule has 0 radical (unpaired) electrons. The SMILES string of the molecule is CCC1=CC2=C(C1)c1cc3c(cc1C2(C)C)C(C)(C)C1=C3CC(C)=C1. The van der Waals surface area contributed by atoms with E-state index >= 15 is 0 Å². The van der Waals surface area contributed by atoms with Crippen LogP contribution in [0.1, 0.15) is 83.1 Å². The second kappa shape index (κ2) is 4.47. The van der Waals surface area contributed by atoms with Crippen LogP contribution < -0.4 is 0 Å². The fraction of sp³-hybridized carbons (Fsp3) is 0.440. The third-order valence-corrected chi connectivity index (χ3v) is 7.20. The number of allylic oxidation sites excluding steroid dienone is 8. The van der Waals surface area contributed by atoms with E-state index in [0.29, 0.717) is 0 Å². The summed E-state index contributed by atoms with van der Waals surface area (Å²) >= 11 is 0. The van der Waals surface area contributed by atoms with Gasteiger partial charge in [-0.2, -0.15) is 0 Å². The van der Waals surface area contributed by atoms with E-state index in [2.05, 4.69) is 65.8 Å². The maximum Gasteiger partial charge on any atom is 0.0155 e. The Hall–Kier alpha value is -1.82. The zero-order valence-corrected chi connectivity index (χ0v) is 16.4. The summed E-state index contributed by atoms with van der Waals surface area (Å²) in [4.78, 5) is 0. The Morgan fingerprint density at radius 1 is 0.800 bits per heavy atom. The molecule has 0 bridgehead atoms. The van der Waals surface area contributed by atoms with Crippen molar-refractivity contribution in [1.82, 2.24) is 0 Å². The maximum absolute atomic E-state index is 2.56. The lowest BCUT2D eigenvalue weighted by atomic mass is 9.75. The van der Waals surface area contributed by atoms with Gasteiger partial charge in [0.15, 0.2) is 0 Å². The molecule has 0 nitrogen and oxygen atoms in total. The van der Waals surface area contributed by atoms with E-state index in [1.165, 1.54) is 23.1 Å². The number of hydrogen-bond donors (Lipinski definition) is 0. The van der Waals surface area contributed by atoms with E-state index in [4.69, 9.17) is 0 Å². The molecule has 0 heterocycles. The van der Waals surface area contributed by atoms with Crippen molar-refractivity contribution in [3.8, 4) is 0 Å². The molecule has 0 saturated heterocycles. The number of fused-ring (bicyclic) bond motifs is 4. The third kappa shape index (κ3) is 1.73. The molecular weight excluding hydrogens is 300 g/mol. The van der Waals surface area contributed by atoms with Crippen molar-refractivity contribution < 1.29 is 0 Å². The molecule has 0 aromatic heterocycles. The summed E-state index contributed by atoms with van der Waals surface area (Å²) in [5.74, 6) is 0. The number of hydrogen-bond acceptors (Lipinski definition) is 0. The van der Waals surface area contributed by atoms with E-state index in [0.717, 1.165) is 12.8 Å². The minimum atomic E-state index is 0.144. The van der Waals surface area contributed by atoms with Gasteiger partial charge in [0.1, 0.15) is 0 Å². The lowest BCUT2D eigenvalue weighted by Gasteiger charge is -2.28. The Morgan fingerprint density at radius 3 is 1.96 bits per heavy atom. The molecule has 0 spiro atoms. The molecular formula is C25H28. The molecule has 0 heteroatoms. The summed E-state index contributed by atoms with van der Waals surface area (Å²) in [6.45, 7) is 14.2. The zero-order valence-electron chi connectivity index (χ0n) is 16.4. The molecule has 1 aromatic rings. The first-order chi connectivity index (χ1) is 11.7. The minimum Gasteiger partial charge on any atom is -0.0686 e. The molecule has 0 fully saturated rings. The molecule has 4 aliphatic rings. The number of rotatable bonds is 1. The lowest BCUT2D eigenvalue weighted by molar-refractivity contribution is 0.632. The standard InChI is InChI=1S/C25H28/c1-7-15-10-17-19-12-18-16-8-14(2)9-20(16)24(3,4)22(18)13-23(19)25(5,6)21(17)11-15/h9,11-13H,7-8,10H2,1-6H3. The second-order valence-corrected chi connectivity index (χ2v) is 9.48. The summed E-state index contributed by atoms with van der Waals surface area (Å²) < 4.78 is 0. The highest BCUT2D eigenvalue weighted by Gasteiger charge is 2.44. The Labute approximate surface area is 152 Å². The van der Waals surface area contributed by atoms with Crippen LogP contribution in [0.4, 0.5) is 0 Å². The van der Waals surface area contributed by atoms with Crippen molar-refractivity contribution in [3.05, 3.63) is 68.8 Å². The van der Waals surface area contributed by atoms with E-state index in [1.807, 2.05) is 0 Å². The quantitative estimate of drug-likeness (QED) is 0.528. The van der Waals surface area contributed by atoms with Gasteiger partial charge >= 0.3 is 0 Å². The van der Waals surface area contributed by atoms with Crippen molar-refractivity contribution in [2.24, 2.45) is 0 Å². The Balaban J connectivity index is 1.72. The molecule has 5 rings (SSSR count).